The SMILES string of the molecule is CN1CC[C@@H]2CN(C(=O)c3ccc(Nc4cccnc4)cc3)C[C@@H]21. The number of aromatic nitrogens is 1. The molecule has 0 aliphatic carbocycles. The first-order valence-electron chi connectivity index (χ1n) is 8.47. The number of fused-ring (bicyclic) bond motifs is 1. The van der Waals surface area contributed by atoms with Crippen molar-refractivity contribution in [3.05, 3.63) is 54.4 Å². The van der Waals surface area contributed by atoms with E-state index in [0.29, 0.717) is 12.0 Å². The molecule has 2 aliphatic rings. The van der Waals surface area contributed by atoms with Gasteiger partial charge in [0.1, 0.15) is 0 Å². The topological polar surface area (TPSA) is 48.5 Å². The molecule has 1 amide bonds. The Hall–Kier alpha value is -2.40. The number of likely N-dealkylation sites (N-methyl/N-ethyl adjacent to an activating group) is 1. The number of carbonyl (C=O) groups is 1. The van der Waals surface area contributed by atoms with Crippen LogP contribution < -0.4 is 5.32 Å². The molecule has 4 rings (SSSR count). The zero-order chi connectivity index (χ0) is 16.5. The normalized spacial score (nSPS) is 23.3. The Morgan fingerprint density at radius 3 is 2.71 bits per heavy atom. The molecule has 0 spiro atoms. The molecular weight excluding hydrogens is 300 g/mol. The molecule has 0 saturated carbocycles. The lowest BCUT2D eigenvalue weighted by Crippen LogP contribution is -2.35. The molecule has 0 bridgehead atoms. The van der Waals surface area contributed by atoms with Gasteiger partial charge in [-0.05, 0) is 62.3 Å². The predicted molar refractivity (Wildman–Crippen MR) is 94.4 cm³/mol. The molecule has 3 heterocycles. The van der Waals surface area contributed by atoms with Gasteiger partial charge in [0.15, 0.2) is 0 Å². The maximum absolute atomic E-state index is 12.7. The van der Waals surface area contributed by atoms with Crippen molar-refractivity contribution in [1.82, 2.24) is 14.8 Å². The Balaban J connectivity index is 1.42. The predicted octanol–water partition coefficient (Wildman–Crippen LogP) is 2.60. The Labute approximate surface area is 142 Å². The van der Waals surface area contributed by atoms with Crippen molar-refractivity contribution in [3.63, 3.8) is 0 Å². The van der Waals surface area contributed by atoms with E-state index in [2.05, 4.69) is 22.2 Å². The van der Waals surface area contributed by atoms with Crippen molar-refractivity contribution in [2.75, 3.05) is 32.0 Å². The zero-order valence-electron chi connectivity index (χ0n) is 13.9. The van der Waals surface area contributed by atoms with E-state index in [1.165, 1.54) is 6.42 Å². The second-order valence-corrected chi connectivity index (χ2v) is 6.75. The lowest BCUT2D eigenvalue weighted by Gasteiger charge is -2.21. The number of hydrogen-bond acceptors (Lipinski definition) is 4. The van der Waals surface area contributed by atoms with Gasteiger partial charge in [-0.1, -0.05) is 0 Å². The number of nitrogens with zero attached hydrogens (tertiary/aromatic N) is 3. The van der Waals surface area contributed by atoms with E-state index in [4.69, 9.17) is 0 Å². The van der Waals surface area contributed by atoms with Gasteiger partial charge in [0, 0.05) is 36.6 Å². The van der Waals surface area contributed by atoms with Crippen LogP contribution in [-0.2, 0) is 0 Å². The summed E-state index contributed by atoms with van der Waals surface area (Å²) in [5.41, 5.74) is 2.65. The van der Waals surface area contributed by atoms with E-state index in [-0.39, 0.29) is 5.91 Å². The third-order valence-electron chi connectivity index (χ3n) is 5.19. The van der Waals surface area contributed by atoms with Crippen LogP contribution in [0.4, 0.5) is 11.4 Å². The second-order valence-electron chi connectivity index (χ2n) is 6.75. The summed E-state index contributed by atoms with van der Waals surface area (Å²) in [4.78, 5) is 21.2. The van der Waals surface area contributed by atoms with Crippen molar-refractivity contribution in [1.29, 1.82) is 0 Å². The number of anilines is 2. The van der Waals surface area contributed by atoms with Crippen LogP contribution in [0.25, 0.3) is 0 Å². The molecule has 0 radical (unpaired) electrons. The van der Waals surface area contributed by atoms with E-state index in [1.54, 1.807) is 12.4 Å². The average Bonchev–Trinajstić information content (AvgIpc) is 3.18. The number of pyridine rings is 1. The first-order valence-corrected chi connectivity index (χ1v) is 8.47. The first-order chi connectivity index (χ1) is 11.7. The summed E-state index contributed by atoms with van der Waals surface area (Å²) in [7, 11) is 2.16. The largest absolute Gasteiger partial charge is 0.354 e. The summed E-state index contributed by atoms with van der Waals surface area (Å²) in [5.74, 6) is 0.788. The second kappa shape index (κ2) is 6.24. The Kier molecular flexibility index (Phi) is 3.94. The molecule has 2 fully saturated rings. The highest BCUT2D eigenvalue weighted by molar-refractivity contribution is 5.95. The fraction of sp³-hybridized carbons (Fsp3) is 0.368. The van der Waals surface area contributed by atoms with Crippen LogP contribution >= 0.6 is 0 Å². The Morgan fingerprint density at radius 2 is 2.00 bits per heavy atom. The van der Waals surface area contributed by atoms with Crippen molar-refractivity contribution < 1.29 is 4.79 Å². The number of rotatable bonds is 3. The van der Waals surface area contributed by atoms with Crippen LogP contribution in [0.15, 0.2) is 48.8 Å². The zero-order valence-corrected chi connectivity index (χ0v) is 13.9. The van der Waals surface area contributed by atoms with E-state index in [0.717, 1.165) is 36.6 Å². The fourth-order valence-electron chi connectivity index (χ4n) is 3.82. The summed E-state index contributed by atoms with van der Waals surface area (Å²) in [6.07, 6.45) is 4.73. The smallest absolute Gasteiger partial charge is 0.253 e. The lowest BCUT2D eigenvalue weighted by atomic mass is 10.1. The molecule has 0 unspecified atom stereocenters. The summed E-state index contributed by atoms with van der Waals surface area (Å²) in [5, 5.41) is 3.28. The lowest BCUT2D eigenvalue weighted by molar-refractivity contribution is 0.0774. The van der Waals surface area contributed by atoms with Crippen molar-refractivity contribution in [3.8, 4) is 0 Å². The van der Waals surface area contributed by atoms with Gasteiger partial charge in [-0.25, -0.2) is 0 Å². The number of likely N-dealkylation sites (tertiary alicyclic amines) is 2. The fourth-order valence-corrected chi connectivity index (χ4v) is 3.82. The van der Waals surface area contributed by atoms with E-state index >= 15 is 0 Å². The van der Waals surface area contributed by atoms with Gasteiger partial charge in [-0.2, -0.15) is 0 Å². The van der Waals surface area contributed by atoms with Gasteiger partial charge >= 0.3 is 0 Å². The maximum atomic E-state index is 12.7. The number of amides is 1. The van der Waals surface area contributed by atoms with Gasteiger partial charge in [0.25, 0.3) is 5.91 Å². The molecule has 2 atom stereocenters. The standard InChI is InChI=1S/C19H22N4O/c1-22-10-8-15-12-23(13-18(15)22)19(24)14-4-6-16(7-5-14)21-17-3-2-9-20-11-17/h2-7,9,11,15,18,21H,8,10,12-13H2,1H3/t15-,18+/m1/s1. The van der Waals surface area contributed by atoms with E-state index < -0.39 is 0 Å². The monoisotopic (exact) mass is 322 g/mol. The van der Waals surface area contributed by atoms with Crippen LogP contribution in [0.5, 0.6) is 0 Å². The van der Waals surface area contributed by atoms with E-state index in [1.807, 2.05) is 41.3 Å². The van der Waals surface area contributed by atoms with Gasteiger partial charge in [0.05, 0.1) is 11.9 Å². The van der Waals surface area contributed by atoms with Crippen LogP contribution in [0.1, 0.15) is 16.8 Å². The molecule has 2 saturated heterocycles. The third kappa shape index (κ3) is 2.87. The Bertz CT molecular complexity index is 716. The Morgan fingerprint density at radius 1 is 1.17 bits per heavy atom. The van der Waals surface area contributed by atoms with Crippen LogP contribution in [0, 0.1) is 5.92 Å². The quantitative estimate of drug-likeness (QED) is 0.944. The molecule has 24 heavy (non-hydrogen) atoms. The summed E-state index contributed by atoms with van der Waals surface area (Å²) in [6, 6.07) is 12.1. The molecule has 5 nitrogen and oxygen atoms in total. The highest BCUT2D eigenvalue weighted by Gasteiger charge is 2.41. The summed E-state index contributed by atoms with van der Waals surface area (Å²) < 4.78 is 0. The summed E-state index contributed by atoms with van der Waals surface area (Å²) >= 11 is 0. The van der Waals surface area contributed by atoms with Crippen LogP contribution in [-0.4, -0.2) is 53.4 Å². The molecule has 2 aliphatic heterocycles. The first kappa shape index (κ1) is 15.1. The van der Waals surface area contributed by atoms with Crippen molar-refractivity contribution >= 4 is 17.3 Å². The number of hydrogen-bond donors (Lipinski definition) is 1. The van der Waals surface area contributed by atoms with Gasteiger partial charge in [-0.15, -0.1) is 0 Å². The molecule has 124 valence electrons. The van der Waals surface area contributed by atoms with Crippen molar-refractivity contribution in [2.45, 2.75) is 12.5 Å². The maximum Gasteiger partial charge on any atom is 0.253 e. The average molecular weight is 322 g/mol. The minimum absolute atomic E-state index is 0.144. The molecule has 1 aromatic heterocycles. The highest BCUT2D eigenvalue weighted by atomic mass is 16.2. The van der Waals surface area contributed by atoms with Gasteiger partial charge < -0.3 is 15.1 Å². The van der Waals surface area contributed by atoms with Crippen LogP contribution in [0.2, 0.25) is 0 Å². The third-order valence-corrected chi connectivity index (χ3v) is 5.19. The minimum atomic E-state index is 0.144. The highest BCUT2D eigenvalue weighted by Crippen LogP contribution is 2.31. The van der Waals surface area contributed by atoms with Gasteiger partial charge in [-0.3, -0.25) is 9.78 Å². The number of carbonyl (C=O) groups excluding carboxylic acids is 1. The minimum Gasteiger partial charge on any atom is -0.354 e. The molecule has 5 heteroatoms. The van der Waals surface area contributed by atoms with E-state index in [9.17, 15) is 4.79 Å². The number of benzene rings is 1. The molecule has 1 N–H and O–H groups in total. The molecule has 2 aromatic rings. The summed E-state index contributed by atoms with van der Waals surface area (Å²) in [6.45, 7) is 2.91. The molecule has 1 aromatic carbocycles. The van der Waals surface area contributed by atoms with Gasteiger partial charge in [0.2, 0.25) is 0 Å². The van der Waals surface area contributed by atoms with Crippen LogP contribution in [0.3, 0.4) is 0 Å². The van der Waals surface area contributed by atoms with Crippen molar-refractivity contribution in [2.24, 2.45) is 5.92 Å². The molecular formula is C19H22N4O. The number of nitrogens with one attached hydrogen (secondary N) is 1.